The van der Waals surface area contributed by atoms with Crippen molar-refractivity contribution in [3.8, 4) is 11.8 Å². The summed E-state index contributed by atoms with van der Waals surface area (Å²) in [7, 11) is 0. The lowest BCUT2D eigenvalue weighted by Crippen LogP contribution is -2.50. The summed E-state index contributed by atoms with van der Waals surface area (Å²) >= 11 is 0. The van der Waals surface area contributed by atoms with Crippen LogP contribution in [-0.2, 0) is 6.42 Å². The number of benzene rings is 2. The highest BCUT2D eigenvalue weighted by atomic mass is 15.4. The molecule has 158 valence electrons. The number of aliphatic imine (C=N–C) groups is 1. The smallest absolute Gasteiger partial charge is 0.197 e. The van der Waals surface area contributed by atoms with E-state index in [4.69, 9.17) is 15.7 Å². The summed E-state index contributed by atoms with van der Waals surface area (Å²) in [5, 5.41) is 3.70. The minimum Gasteiger partial charge on any atom is -0.341 e. The lowest BCUT2D eigenvalue weighted by atomic mass is 10.0. The Bertz CT molecular complexity index is 1190. The molecule has 2 N–H and O–H groups in total. The van der Waals surface area contributed by atoms with Crippen LogP contribution in [0.3, 0.4) is 0 Å². The van der Waals surface area contributed by atoms with Crippen molar-refractivity contribution < 1.29 is 0 Å². The predicted molar refractivity (Wildman–Crippen MR) is 128 cm³/mol. The van der Waals surface area contributed by atoms with Gasteiger partial charge in [0.25, 0.3) is 0 Å². The molecule has 2 aromatic carbocycles. The van der Waals surface area contributed by atoms with Crippen LogP contribution >= 0.6 is 0 Å². The van der Waals surface area contributed by atoms with Gasteiger partial charge in [0.2, 0.25) is 0 Å². The first-order valence-corrected chi connectivity index (χ1v) is 11.2. The van der Waals surface area contributed by atoms with E-state index >= 15 is 0 Å². The number of nitrogens with two attached hydrogens (primary N) is 1. The van der Waals surface area contributed by atoms with E-state index in [2.05, 4.69) is 70.2 Å². The van der Waals surface area contributed by atoms with Crippen molar-refractivity contribution in [1.82, 2.24) is 14.8 Å². The minimum atomic E-state index is 0.170. The molecule has 31 heavy (non-hydrogen) atoms. The molecule has 5 nitrogen and oxygen atoms in total. The lowest BCUT2D eigenvalue weighted by Gasteiger charge is -2.35. The monoisotopic (exact) mass is 411 g/mol. The van der Waals surface area contributed by atoms with Crippen molar-refractivity contribution in [1.29, 1.82) is 0 Å². The fourth-order valence-electron chi connectivity index (χ4n) is 4.87. The molecule has 0 bridgehead atoms. The zero-order valence-electron chi connectivity index (χ0n) is 18.1. The highest BCUT2D eigenvalue weighted by molar-refractivity contribution is 6.06. The van der Waals surface area contributed by atoms with Crippen LogP contribution in [0.2, 0.25) is 0 Å². The molecule has 2 atom stereocenters. The van der Waals surface area contributed by atoms with Gasteiger partial charge < -0.3 is 15.5 Å². The van der Waals surface area contributed by atoms with Gasteiger partial charge in [-0.05, 0) is 31.2 Å². The average molecular weight is 412 g/mol. The Hall–Kier alpha value is -3.10. The van der Waals surface area contributed by atoms with E-state index in [1.54, 1.807) is 0 Å². The Kier molecular flexibility index (Phi) is 5.48. The number of guanidine groups is 1. The number of pyridine rings is 1. The second-order valence-electron chi connectivity index (χ2n) is 8.56. The van der Waals surface area contributed by atoms with E-state index in [0.717, 1.165) is 56.1 Å². The number of para-hydroxylation sites is 1. The lowest BCUT2D eigenvalue weighted by molar-refractivity contribution is 0.278. The molecule has 2 aliphatic rings. The van der Waals surface area contributed by atoms with E-state index in [-0.39, 0.29) is 12.1 Å². The van der Waals surface area contributed by atoms with E-state index in [9.17, 15) is 0 Å². The van der Waals surface area contributed by atoms with Crippen LogP contribution in [0.5, 0.6) is 0 Å². The van der Waals surface area contributed by atoms with Crippen molar-refractivity contribution in [3.63, 3.8) is 0 Å². The van der Waals surface area contributed by atoms with Gasteiger partial charge in [-0.2, -0.15) is 0 Å². The van der Waals surface area contributed by atoms with Gasteiger partial charge in [0.15, 0.2) is 5.96 Å². The molecule has 0 saturated carbocycles. The summed E-state index contributed by atoms with van der Waals surface area (Å²) in [5.74, 6) is 7.33. The van der Waals surface area contributed by atoms with Crippen molar-refractivity contribution >= 4 is 27.6 Å². The van der Waals surface area contributed by atoms with Crippen LogP contribution in [0.1, 0.15) is 25.5 Å². The Morgan fingerprint density at radius 3 is 2.61 bits per heavy atom. The van der Waals surface area contributed by atoms with Gasteiger partial charge in [0.05, 0.1) is 23.8 Å². The van der Waals surface area contributed by atoms with Gasteiger partial charge in [-0.3, -0.25) is 4.98 Å². The Morgan fingerprint density at radius 1 is 1.03 bits per heavy atom. The largest absolute Gasteiger partial charge is 0.341 e. The number of fused-ring (bicyclic) bond motifs is 3. The van der Waals surface area contributed by atoms with Crippen LogP contribution in [0.15, 0.2) is 53.5 Å². The van der Waals surface area contributed by atoms with Crippen molar-refractivity contribution in [3.05, 3.63) is 54.2 Å². The highest BCUT2D eigenvalue weighted by Crippen LogP contribution is 2.28. The van der Waals surface area contributed by atoms with Gasteiger partial charge in [0.1, 0.15) is 0 Å². The van der Waals surface area contributed by atoms with Crippen LogP contribution in [0, 0.1) is 11.8 Å². The zero-order chi connectivity index (χ0) is 21.2. The molecule has 2 unspecified atom stereocenters. The molecule has 1 aromatic heterocycles. The molecule has 2 aliphatic heterocycles. The SMILES string of the molecule is CC#CCN1CC(Cc2nc3ccccc3c3ccccc23)N=C1N1CCCC(N)C1. The van der Waals surface area contributed by atoms with E-state index in [0.29, 0.717) is 6.54 Å². The normalized spacial score (nSPS) is 21.3. The molecule has 0 spiro atoms. The third-order valence-electron chi connectivity index (χ3n) is 6.32. The molecule has 0 radical (unpaired) electrons. The topological polar surface area (TPSA) is 57.8 Å². The van der Waals surface area contributed by atoms with E-state index in [1.165, 1.54) is 16.2 Å². The molecule has 3 heterocycles. The minimum absolute atomic E-state index is 0.170. The van der Waals surface area contributed by atoms with Gasteiger partial charge in [-0.25, -0.2) is 4.99 Å². The maximum absolute atomic E-state index is 6.26. The van der Waals surface area contributed by atoms with Crippen molar-refractivity contribution in [2.24, 2.45) is 10.7 Å². The maximum Gasteiger partial charge on any atom is 0.197 e. The first-order chi connectivity index (χ1) is 15.2. The van der Waals surface area contributed by atoms with Gasteiger partial charge >= 0.3 is 0 Å². The van der Waals surface area contributed by atoms with Crippen LogP contribution in [-0.4, -0.2) is 59.0 Å². The van der Waals surface area contributed by atoms with Crippen LogP contribution in [0.25, 0.3) is 21.7 Å². The molecule has 3 aromatic rings. The van der Waals surface area contributed by atoms with E-state index in [1.807, 2.05) is 6.92 Å². The Labute approximate surface area is 184 Å². The average Bonchev–Trinajstić information content (AvgIpc) is 3.20. The number of aromatic nitrogens is 1. The molecule has 5 heteroatoms. The predicted octanol–water partition coefficient (Wildman–Crippen LogP) is 3.42. The van der Waals surface area contributed by atoms with Crippen molar-refractivity contribution in [2.75, 3.05) is 26.2 Å². The summed E-state index contributed by atoms with van der Waals surface area (Å²) in [5.41, 5.74) is 8.43. The first kappa shape index (κ1) is 19.8. The number of likely N-dealkylation sites (tertiary alicyclic amines) is 1. The standard InChI is InChI=1S/C26H29N5/c1-2-3-14-31-18-20(28-26(31)30-15-8-9-19(27)17-30)16-25-23-12-5-4-10-21(23)22-11-6-7-13-24(22)29-25/h4-7,10-13,19-20H,8-9,14-18,27H2,1H3. The molecule has 5 rings (SSSR count). The van der Waals surface area contributed by atoms with Crippen LogP contribution in [0.4, 0.5) is 0 Å². The fraction of sp³-hybridized carbons (Fsp3) is 0.385. The molecular formula is C26H29N5. The number of hydrogen-bond acceptors (Lipinski definition) is 5. The molecule has 1 fully saturated rings. The van der Waals surface area contributed by atoms with Crippen molar-refractivity contribution in [2.45, 2.75) is 38.3 Å². The number of hydrogen-bond donors (Lipinski definition) is 1. The first-order valence-electron chi connectivity index (χ1n) is 11.2. The summed E-state index contributed by atoms with van der Waals surface area (Å²) in [6.07, 6.45) is 3.04. The second-order valence-corrected chi connectivity index (χ2v) is 8.56. The Morgan fingerprint density at radius 2 is 1.81 bits per heavy atom. The molecule has 0 amide bonds. The highest BCUT2D eigenvalue weighted by Gasteiger charge is 2.31. The maximum atomic E-state index is 6.26. The zero-order valence-corrected chi connectivity index (χ0v) is 18.1. The van der Waals surface area contributed by atoms with E-state index < -0.39 is 0 Å². The third kappa shape index (κ3) is 3.96. The quantitative estimate of drug-likeness (QED) is 0.530. The fourth-order valence-corrected chi connectivity index (χ4v) is 4.87. The number of piperidine rings is 1. The number of rotatable bonds is 3. The molecule has 0 aliphatic carbocycles. The Balaban J connectivity index is 1.48. The van der Waals surface area contributed by atoms with Gasteiger partial charge in [0, 0.05) is 42.9 Å². The third-order valence-corrected chi connectivity index (χ3v) is 6.32. The number of nitrogens with zero attached hydrogens (tertiary/aromatic N) is 4. The molecular weight excluding hydrogens is 382 g/mol. The summed E-state index contributed by atoms with van der Waals surface area (Å²) in [4.78, 5) is 14.9. The summed E-state index contributed by atoms with van der Waals surface area (Å²) in [6.45, 7) is 5.37. The summed E-state index contributed by atoms with van der Waals surface area (Å²) < 4.78 is 0. The van der Waals surface area contributed by atoms with Gasteiger partial charge in [-0.15, -0.1) is 5.92 Å². The molecule has 1 saturated heterocycles. The summed E-state index contributed by atoms with van der Waals surface area (Å²) in [6, 6.07) is 17.4. The van der Waals surface area contributed by atoms with Crippen LogP contribution < -0.4 is 5.73 Å². The second kappa shape index (κ2) is 8.56. The van der Waals surface area contributed by atoms with Gasteiger partial charge in [-0.1, -0.05) is 48.4 Å².